The fourth-order valence-electron chi connectivity index (χ4n) is 2.31. The van der Waals surface area contributed by atoms with Crippen LogP contribution in [0.5, 0.6) is 0 Å². The molecular formula is C14H18N+. The van der Waals surface area contributed by atoms with Crippen LogP contribution in [0.25, 0.3) is 0 Å². The molecule has 1 heteroatoms. The number of benzene rings is 1. The Kier molecular flexibility index (Phi) is 2.26. The highest BCUT2D eigenvalue weighted by molar-refractivity contribution is 5.93. The third-order valence-electron chi connectivity index (χ3n) is 3.49. The van der Waals surface area contributed by atoms with Gasteiger partial charge < -0.3 is 0 Å². The van der Waals surface area contributed by atoms with E-state index in [1.807, 2.05) is 6.08 Å². The Morgan fingerprint density at radius 2 is 2.00 bits per heavy atom. The maximum absolute atomic E-state index is 3.82. The molecule has 0 aromatic heterocycles. The maximum Gasteiger partial charge on any atom is 0.209 e. The van der Waals surface area contributed by atoms with Gasteiger partial charge in [-0.1, -0.05) is 24.8 Å². The van der Waals surface area contributed by atoms with Crippen molar-refractivity contribution in [3.8, 4) is 0 Å². The fourth-order valence-corrected chi connectivity index (χ4v) is 2.31. The molecule has 78 valence electrons. The van der Waals surface area contributed by atoms with Gasteiger partial charge in [0, 0.05) is 18.6 Å². The molecule has 1 aromatic rings. The molecule has 0 bridgehead atoms. The van der Waals surface area contributed by atoms with Crippen LogP contribution in [0.4, 0.5) is 5.69 Å². The van der Waals surface area contributed by atoms with Crippen LogP contribution in [0.1, 0.15) is 26.3 Å². The van der Waals surface area contributed by atoms with Gasteiger partial charge in [0.25, 0.3) is 0 Å². The summed E-state index contributed by atoms with van der Waals surface area (Å²) in [4.78, 5) is 0. The van der Waals surface area contributed by atoms with Crippen LogP contribution in [-0.4, -0.2) is 16.8 Å². The van der Waals surface area contributed by atoms with Crippen molar-refractivity contribution in [2.45, 2.75) is 26.2 Å². The second-order valence-electron chi connectivity index (χ2n) is 4.63. The number of nitrogens with zero attached hydrogens (tertiary/aromatic N) is 1. The summed E-state index contributed by atoms with van der Waals surface area (Å²) >= 11 is 0. The first-order valence-electron chi connectivity index (χ1n) is 5.41. The molecule has 0 unspecified atom stereocenters. The fraction of sp³-hybridized carbons (Fsp3) is 0.357. The molecule has 0 radical (unpaired) electrons. The Bertz CT molecular complexity index is 438. The Labute approximate surface area is 91.8 Å². The molecule has 0 fully saturated rings. The summed E-state index contributed by atoms with van der Waals surface area (Å²) in [7, 11) is 0. The van der Waals surface area contributed by atoms with Crippen molar-refractivity contribution in [1.29, 1.82) is 0 Å². The highest BCUT2D eigenvalue weighted by Crippen LogP contribution is 2.38. The van der Waals surface area contributed by atoms with Crippen LogP contribution in [-0.2, 0) is 5.41 Å². The van der Waals surface area contributed by atoms with Crippen molar-refractivity contribution in [3.63, 3.8) is 0 Å². The highest BCUT2D eigenvalue weighted by Gasteiger charge is 2.41. The summed E-state index contributed by atoms with van der Waals surface area (Å²) in [6.07, 6.45) is 1.96. The molecule has 0 N–H and O–H groups in total. The van der Waals surface area contributed by atoms with Gasteiger partial charge in [0.1, 0.15) is 0 Å². The molecule has 0 spiro atoms. The molecule has 0 saturated carbocycles. The monoisotopic (exact) mass is 200 g/mol. The van der Waals surface area contributed by atoms with Crippen molar-refractivity contribution in [1.82, 2.24) is 0 Å². The van der Waals surface area contributed by atoms with Gasteiger partial charge in [-0.15, -0.1) is 0 Å². The van der Waals surface area contributed by atoms with Crippen LogP contribution in [0.3, 0.4) is 0 Å². The lowest BCUT2D eigenvalue weighted by Gasteiger charge is -2.14. The van der Waals surface area contributed by atoms with E-state index < -0.39 is 0 Å². The average molecular weight is 200 g/mol. The average Bonchev–Trinajstić information content (AvgIpc) is 2.42. The summed E-state index contributed by atoms with van der Waals surface area (Å²) in [5.74, 6) is 0. The van der Waals surface area contributed by atoms with Gasteiger partial charge in [-0.25, -0.2) is 0 Å². The SMILES string of the molecule is C=CC[N+]1=C(C)C(C)(C)c2ccccc21. The Morgan fingerprint density at radius 3 is 2.67 bits per heavy atom. The molecule has 1 aromatic carbocycles. The minimum Gasteiger partial charge on any atom is -0.195 e. The van der Waals surface area contributed by atoms with E-state index >= 15 is 0 Å². The van der Waals surface area contributed by atoms with Gasteiger partial charge in [-0.3, -0.25) is 0 Å². The Morgan fingerprint density at radius 1 is 1.33 bits per heavy atom. The highest BCUT2D eigenvalue weighted by atomic mass is 15.0. The lowest BCUT2D eigenvalue weighted by atomic mass is 9.82. The van der Waals surface area contributed by atoms with E-state index in [0.29, 0.717) is 0 Å². The maximum atomic E-state index is 3.82. The third-order valence-corrected chi connectivity index (χ3v) is 3.49. The molecule has 1 aliphatic heterocycles. The van der Waals surface area contributed by atoms with Gasteiger partial charge in [0.2, 0.25) is 5.69 Å². The van der Waals surface area contributed by atoms with Crippen LogP contribution in [0.2, 0.25) is 0 Å². The molecule has 0 saturated heterocycles. The first-order valence-corrected chi connectivity index (χ1v) is 5.41. The van der Waals surface area contributed by atoms with Crippen molar-refractivity contribution >= 4 is 11.4 Å². The predicted octanol–water partition coefficient (Wildman–Crippen LogP) is 3.27. The van der Waals surface area contributed by atoms with Gasteiger partial charge >= 0.3 is 0 Å². The zero-order valence-corrected chi connectivity index (χ0v) is 9.75. The lowest BCUT2D eigenvalue weighted by molar-refractivity contribution is -0.426. The van der Waals surface area contributed by atoms with Crippen molar-refractivity contribution in [3.05, 3.63) is 42.5 Å². The topological polar surface area (TPSA) is 3.01 Å². The summed E-state index contributed by atoms with van der Waals surface area (Å²) < 4.78 is 2.35. The first kappa shape index (κ1) is 10.2. The summed E-state index contributed by atoms with van der Waals surface area (Å²) in [5, 5.41) is 0. The minimum atomic E-state index is 0.152. The van der Waals surface area contributed by atoms with Gasteiger partial charge in [-0.05, 0) is 19.9 Å². The Hall–Kier alpha value is -1.37. The van der Waals surface area contributed by atoms with E-state index in [2.05, 4.69) is 56.2 Å². The van der Waals surface area contributed by atoms with Gasteiger partial charge in [0.15, 0.2) is 12.3 Å². The van der Waals surface area contributed by atoms with Crippen LogP contribution in [0.15, 0.2) is 36.9 Å². The van der Waals surface area contributed by atoms with Crippen LogP contribution in [0, 0.1) is 0 Å². The zero-order valence-electron chi connectivity index (χ0n) is 9.75. The molecule has 0 aliphatic carbocycles. The van der Waals surface area contributed by atoms with Crippen molar-refractivity contribution in [2.24, 2.45) is 0 Å². The molecule has 1 nitrogen and oxygen atoms in total. The third kappa shape index (κ3) is 1.34. The molecule has 1 aliphatic rings. The predicted molar refractivity (Wildman–Crippen MR) is 65.1 cm³/mol. The first-order chi connectivity index (χ1) is 7.09. The summed E-state index contributed by atoms with van der Waals surface area (Å²) in [6.45, 7) is 11.5. The number of rotatable bonds is 2. The number of para-hydroxylation sites is 1. The minimum absolute atomic E-state index is 0.152. The molecule has 0 atom stereocenters. The number of fused-ring (bicyclic) bond motifs is 1. The zero-order chi connectivity index (χ0) is 11.1. The second-order valence-corrected chi connectivity index (χ2v) is 4.63. The lowest BCUT2D eigenvalue weighted by Crippen LogP contribution is -2.26. The molecular weight excluding hydrogens is 182 g/mol. The molecule has 2 rings (SSSR count). The van der Waals surface area contributed by atoms with E-state index in [1.54, 1.807) is 0 Å². The normalized spacial score (nSPS) is 17.8. The number of hydrogen-bond donors (Lipinski definition) is 0. The van der Waals surface area contributed by atoms with Crippen molar-refractivity contribution < 1.29 is 4.58 Å². The van der Waals surface area contributed by atoms with E-state index in [4.69, 9.17) is 0 Å². The van der Waals surface area contributed by atoms with E-state index in [1.165, 1.54) is 17.0 Å². The van der Waals surface area contributed by atoms with Crippen LogP contribution >= 0.6 is 0 Å². The molecule has 15 heavy (non-hydrogen) atoms. The van der Waals surface area contributed by atoms with Gasteiger partial charge in [0.05, 0.1) is 5.41 Å². The van der Waals surface area contributed by atoms with E-state index in [9.17, 15) is 0 Å². The smallest absolute Gasteiger partial charge is 0.195 e. The Balaban J connectivity index is 2.64. The van der Waals surface area contributed by atoms with E-state index in [-0.39, 0.29) is 5.41 Å². The quantitative estimate of drug-likeness (QED) is 0.509. The molecule has 1 heterocycles. The number of hydrogen-bond acceptors (Lipinski definition) is 0. The standard InChI is InChI=1S/C14H18N/c1-5-10-15-11(2)14(3,4)12-8-6-7-9-13(12)15/h5-9H,1,10H2,2-4H3/q+1. The van der Waals surface area contributed by atoms with E-state index in [0.717, 1.165) is 6.54 Å². The molecule has 0 amide bonds. The summed E-state index contributed by atoms with van der Waals surface area (Å²) in [5.41, 5.74) is 4.31. The second kappa shape index (κ2) is 3.34. The summed E-state index contributed by atoms with van der Waals surface area (Å²) in [6, 6.07) is 8.63. The van der Waals surface area contributed by atoms with Crippen LogP contribution < -0.4 is 0 Å². The largest absolute Gasteiger partial charge is 0.209 e. The van der Waals surface area contributed by atoms with Crippen molar-refractivity contribution in [2.75, 3.05) is 6.54 Å². The van der Waals surface area contributed by atoms with Gasteiger partial charge in [-0.2, -0.15) is 4.58 Å².